The molecule has 2 rings (SSSR count). The lowest BCUT2D eigenvalue weighted by Gasteiger charge is -2.17. The second-order valence-corrected chi connectivity index (χ2v) is 5.81. The number of hydrogen-bond acceptors (Lipinski definition) is 2. The number of nitrogens with one attached hydrogen (secondary N) is 1. The first kappa shape index (κ1) is 14.5. The van der Waals surface area contributed by atoms with E-state index in [4.69, 9.17) is 28.9 Å². The summed E-state index contributed by atoms with van der Waals surface area (Å²) in [5.74, 6) is -0.189. The van der Waals surface area contributed by atoms with Crippen LogP contribution in [0.5, 0.6) is 0 Å². The van der Waals surface area contributed by atoms with Crippen LogP contribution in [0.25, 0.3) is 0 Å². The molecule has 0 spiro atoms. The molecule has 1 saturated carbocycles. The molecule has 1 fully saturated rings. The highest BCUT2D eigenvalue weighted by atomic mass is 35.5. The SMILES string of the molecule is Nc1cc(Cl)c(Cl)c(C(=O)NC2CCCCCC2)c1. The third-order valence-corrected chi connectivity index (χ3v) is 4.29. The summed E-state index contributed by atoms with van der Waals surface area (Å²) < 4.78 is 0. The largest absolute Gasteiger partial charge is 0.399 e. The molecule has 1 aliphatic carbocycles. The van der Waals surface area contributed by atoms with Gasteiger partial charge < -0.3 is 11.1 Å². The lowest BCUT2D eigenvalue weighted by molar-refractivity contribution is 0.0933. The maximum Gasteiger partial charge on any atom is 0.253 e. The van der Waals surface area contributed by atoms with Crippen molar-refractivity contribution in [1.82, 2.24) is 5.32 Å². The van der Waals surface area contributed by atoms with Gasteiger partial charge in [-0.1, -0.05) is 48.9 Å². The van der Waals surface area contributed by atoms with Gasteiger partial charge in [-0.15, -0.1) is 0 Å². The van der Waals surface area contributed by atoms with Crippen LogP contribution >= 0.6 is 23.2 Å². The fourth-order valence-electron chi connectivity index (χ4n) is 2.46. The molecule has 0 aromatic heterocycles. The molecule has 0 heterocycles. The Hall–Kier alpha value is -0.930. The van der Waals surface area contributed by atoms with Crippen molar-refractivity contribution >= 4 is 34.8 Å². The van der Waals surface area contributed by atoms with Crippen molar-refractivity contribution in [3.05, 3.63) is 27.7 Å². The van der Waals surface area contributed by atoms with Crippen LogP contribution in [-0.4, -0.2) is 11.9 Å². The highest BCUT2D eigenvalue weighted by Gasteiger charge is 2.19. The summed E-state index contributed by atoms with van der Waals surface area (Å²) in [5.41, 5.74) is 6.50. The van der Waals surface area contributed by atoms with E-state index >= 15 is 0 Å². The number of carbonyl (C=O) groups is 1. The smallest absolute Gasteiger partial charge is 0.253 e. The lowest BCUT2D eigenvalue weighted by atomic mass is 10.1. The van der Waals surface area contributed by atoms with Gasteiger partial charge in [0.1, 0.15) is 0 Å². The highest BCUT2D eigenvalue weighted by Crippen LogP contribution is 2.29. The van der Waals surface area contributed by atoms with Crippen LogP contribution in [0.2, 0.25) is 10.0 Å². The molecular weight excluding hydrogens is 283 g/mol. The predicted molar refractivity (Wildman–Crippen MR) is 79.8 cm³/mol. The predicted octanol–water partition coefficient (Wildman–Crippen LogP) is 4.03. The van der Waals surface area contributed by atoms with Crippen molar-refractivity contribution in [2.75, 3.05) is 5.73 Å². The Balaban J connectivity index is 2.11. The minimum absolute atomic E-state index is 0.189. The number of nitrogens with two attached hydrogens (primary N) is 1. The Kier molecular flexibility index (Phi) is 4.94. The molecule has 3 N–H and O–H groups in total. The van der Waals surface area contributed by atoms with E-state index in [-0.39, 0.29) is 17.0 Å². The minimum Gasteiger partial charge on any atom is -0.399 e. The van der Waals surface area contributed by atoms with Crippen molar-refractivity contribution in [3.63, 3.8) is 0 Å². The van der Waals surface area contributed by atoms with Gasteiger partial charge in [-0.25, -0.2) is 0 Å². The summed E-state index contributed by atoms with van der Waals surface area (Å²) in [4.78, 5) is 12.2. The molecular formula is C14H18Cl2N2O. The average Bonchev–Trinajstić information content (AvgIpc) is 2.62. The molecule has 0 unspecified atom stereocenters. The van der Waals surface area contributed by atoms with Crippen LogP contribution in [0.15, 0.2) is 12.1 Å². The highest BCUT2D eigenvalue weighted by molar-refractivity contribution is 6.44. The summed E-state index contributed by atoms with van der Waals surface area (Å²) in [7, 11) is 0. The number of hydrogen-bond donors (Lipinski definition) is 2. The van der Waals surface area contributed by atoms with E-state index in [0.717, 1.165) is 25.7 Å². The number of carbonyl (C=O) groups excluding carboxylic acids is 1. The van der Waals surface area contributed by atoms with Gasteiger partial charge in [0.25, 0.3) is 5.91 Å². The van der Waals surface area contributed by atoms with Gasteiger partial charge in [0.05, 0.1) is 15.6 Å². The number of amides is 1. The zero-order valence-electron chi connectivity index (χ0n) is 10.7. The van der Waals surface area contributed by atoms with Crippen LogP contribution in [-0.2, 0) is 0 Å². The third kappa shape index (κ3) is 3.77. The van der Waals surface area contributed by atoms with Crippen LogP contribution < -0.4 is 11.1 Å². The monoisotopic (exact) mass is 300 g/mol. The summed E-state index contributed by atoms with van der Waals surface area (Å²) in [5, 5.41) is 3.61. The van der Waals surface area contributed by atoms with E-state index in [0.29, 0.717) is 16.3 Å². The molecule has 0 radical (unpaired) electrons. The van der Waals surface area contributed by atoms with Gasteiger partial charge in [0, 0.05) is 11.7 Å². The number of benzene rings is 1. The van der Waals surface area contributed by atoms with E-state index in [1.807, 2.05) is 0 Å². The average molecular weight is 301 g/mol. The molecule has 0 atom stereocenters. The van der Waals surface area contributed by atoms with Crippen molar-refractivity contribution in [2.24, 2.45) is 0 Å². The Morgan fingerprint density at radius 1 is 1.16 bits per heavy atom. The zero-order chi connectivity index (χ0) is 13.8. The fraction of sp³-hybridized carbons (Fsp3) is 0.500. The number of nitrogen functional groups attached to an aromatic ring is 1. The first-order valence-electron chi connectivity index (χ1n) is 6.63. The van der Waals surface area contributed by atoms with E-state index in [1.165, 1.54) is 12.8 Å². The Labute approximate surface area is 123 Å². The first-order chi connectivity index (χ1) is 9.08. The van der Waals surface area contributed by atoms with Gasteiger partial charge >= 0.3 is 0 Å². The number of halogens is 2. The van der Waals surface area contributed by atoms with E-state index in [2.05, 4.69) is 5.32 Å². The maximum absolute atomic E-state index is 12.2. The molecule has 1 aromatic carbocycles. The van der Waals surface area contributed by atoms with Crippen LogP contribution in [0.4, 0.5) is 5.69 Å². The second kappa shape index (κ2) is 6.49. The van der Waals surface area contributed by atoms with E-state index in [9.17, 15) is 4.79 Å². The van der Waals surface area contributed by atoms with Crippen LogP contribution in [0.1, 0.15) is 48.9 Å². The number of anilines is 1. The second-order valence-electron chi connectivity index (χ2n) is 5.03. The zero-order valence-corrected chi connectivity index (χ0v) is 12.2. The summed E-state index contributed by atoms with van der Waals surface area (Å²) in [6.07, 6.45) is 6.88. The van der Waals surface area contributed by atoms with E-state index < -0.39 is 0 Å². The van der Waals surface area contributed by atoms with Gasteiger partial charge in [0.2, 0.25) is 0 Å². The van der Waals surface area contributed by atoms with E-state index in [1.54, 1.807) is 12.1 Å². The number of rotatable bonds is 2. The Bertz CT molecular complexity index is 469. The Morgan fingerprint density at radius 2 is 1.79 bits per heavy atom. The van der Waals surface area contributed by atoms with Gasteiger partial charge in [-0.05, 0) is 25.0 Å². The molecule has 1 aliphatic rings. The van der Waals surface area contributed by atoms with Crippen molar-refractivity contribution in [3.8, 4) is 0 Å². The Morgan fingerprint density at radius 3 is 2.42 bits per heavy atom. The standard InChI is InChI=1S/C14H18Cl2N2O/c15-12-8-9(17)7-11(13(12)16)14(19)18-10-5-3-1-2-4-6-10/h7-8,10H,1-6,17H2,(H,18,19). The quantitative estimate of drug-likeness (QED) is 0.640. The van der Waals surface area contributed by atoms with Crippen molar-refractivity contribution in [2.45, 2.75) is 44.6 Å². The van der Waals surface area contributed by atoms with Gasteiger partial charge in [-0.2, -0.15) is 0 Å². The molecule has 0 aliphatic heterocycles. The topological polar surface area (TPSA) is 55.1 Å². The third-order valence-electron chi connectivity index (χ3n) is 3.49. The molecule has 19 heavy (non-hydrogen) atoms. The summed E-state index contributed by atoms with van der Waals surface area (Å²) in [6.45, 7) is 0. The van der Waals surface area contributed by atoms with Crippen LogP contribution in [0.3, 0.4) is 0 Å². The van der Waals surface area contributed by atoms with Gasteiger partial charge in [0.15, 0.2) is 0 Å². The normalized spacial score (nSPS) is 16.9. The van der Waals surface area contributed by atoms with Crippen molar-refractivity contribution in [1.29, 1.82) is 0 Å². The molecule has 1 amide bonds. The summed E-state index contributed by atoms with van der Waals surface area (Å²) >= 11 is 12.0. The van der Waals surface area contributed by atoms with Gasteiger partial charge in [-0.3, -0.25) is 4.79 Å². The van der Waals surface area contributed by atoms with Crippen molar-refractivity contribution < 1.29 is 4.79 Å². The van der Waals surface area contributed by atoms with Crippen LogP contribution in [0, 0.1) is 0 Å². The molecule has 104 valence electrons. The molecule has 1 aromatic rings. The first-order valence-corrected chi connectivity index (χ1v) is 7.39. The summed E-state index contributed by atoms with van der Waals surface area (Å²) in [6, 6.07) is 3.35. The fourth-order valence-corrected chi connectivity index (χ4v) is 2.88. The maximum atomic E-state index is 12.2. The molecule has 0 saturated heterocycles. The molecule has 0 bridgehead atoms. The lowest BCUT2D eigenvalue weighted by Crippen LogP contribution is -2.34. The molecule has 3 nitrogen and oxygen atoms in total. The molecule has 5 heteroatoms. The minimum atomic E-state index is -0.189.